The summed E-state index contributed by atoms with van der Waals surface area (Å²) < 4.78 is 0. The van der Waals surface area contributed by atoms with E-state index in [0.717, 1.165) is 30.4 Å². The van der Waals surface area contributed by atoms with Gasteiger partial charge in [-0.05, 0) is 67.0 Å². The van der Waals surface area contributed by atoms with E-state index in [1.54, 1.807) is 6.07 Å². The molecule has 2 aromatic rings. The maximum atomic E-state index is 9.77. The van der Waals surface area contributed by atoms with Crippen LogP contribution in [0.1, 0.15) is 18.9 Å². The Balaban J connectivity index is 1.86. The minimum absolute atomic E-state index is 0.306. The molecule has 2 N–H and O–H groups in total. The summed E-state index contributed by atoms with van der Waals surface area (Å²) >= 11 is 0. The summed E-state index contributed by atoms with van der Waals surface area (Å²) in [5.41, 5.74) is 2.22. The van der Waals surface area contributed by atoms with Crippen LogP contribution in [-0.2, 0) is 6.42 Å². The number of rotatable bonds is 4. The van der Waals surface area contributed by atoms with Gasteiger partial charge in [0.05, 0.1) is 5.52 Å². The van der Waals surface area contributed by atoms with E-state index in [4.69, 9.17) is 0 Å². The molecule has 3 rings (SSSR count). The van der Waals surface area contributed by atoms with Crippen LogP contribution in [0.15, 0.2) is 43.1 Å². The number of nitrogens with zero attached hydrogens (tertiary/aromatic N) is 1. The standard InChI is InChI=1S/C19H24N2O/c1-3-14-12-20-8-7-17(14)13(2)10-15-6-9-21-19-5-4-16(22)11-18(15)19/h3-6,9,11,13-14,17,20,22H,1,7-8,10,12H2,2H3. The predicted molar refractivity (Wildman–Crippen MR) is 90.9 cm³/mol. The molecule has 1 fully saturated rings. The highest BCUT2D eigenvalue weighted by molar-refractivity contribution is 5.83. The highest BCUT2D eigenvalue weighted by atomic mass is 16.3. The zero-order valence-electron chi connectivity index (χ0n) is 13.1. The molecule has 0 amide bonds. The predicted octanol–water partition coefficient (Wildman–Crippen LogP) is 3.53. The summed E-state index contributed by atoms with van der Waals surface area (Å²) in [7, 11) is 0. The van der Waals surface area contributed by atoms with Crippen molar-refractivity contribution >= 4 is 10.9 Å². The normalized spacial score (nSPS) is 23.3. The van der Waals surface area contributed by atoms with E-state index in [9.17, 15) is 5.11 Å². The third kappa shape index (κ3) is 3.00. The zero-order chi connectivity index (χ0) is 15.5. The molecule has 1 aromatic carbocycles. The van der Waals surface area contributed by atoms with Crippen LogP contribution in [0.5, 0.6) is 5.75 Å². The molecular weight excluding hydrogens is 272 g/mol. The van der Waals surface area contributed by atoms with Gasteiger partial charge in [0.1, 0.15) is 5.75 Å². The molecule has 3 unspecified atom stereocenters. The molecule has 0 bridgehead atoms. The monoisotopic (exact) mass is 296 g/mol. The van der Waals surface area contributed by atoms with Crippen molar-refractivity contribution in [3.63, 3.8) is 0 Å². The molecular formula is C19H24N2O. The number of nitrogens with one attached hydrogen (secondary N) is 1. The van der Waals surface area contributed by atoms with Crippen molar-refractivity contribution in [1.82, 2.24) is 10.3 Å². The molecule has 3 nitrogen and oxygen atoms in total. The first-order valence-corrected chi connectivity index (χ1v) is 8.09. The third-order valence-corrected chi connectivity index (χ3v) is 4.98. The van der Waals surface area contributed by atoms with Crippen molar-refractivity contribution in [2.75, 3.05) is 13.1 Å². The van der Waals surface area contributed by atoms with E-state index in [2.05, 4.69) is 35.9 Å². The SMILES string of the molecule is C=CC1CNCCC1C(C)Cc1ccnc2ccc(O)cc12. The Morgan fingerprint density at radius 2 is 2.32 bits per heavy atom. The number of phenols is 1. The lowest BCUT2D eigenvalue weighted by Crippen LogP contribution is -2.38. The van der Waals surface area contributed by atoms with E-state index in [1.807, 2.05) is 18.3 Å². The quantitative estimate of drug-likeness (QED) is 0.848. The maximum absolute atomic E-state index is 9.77. The summed E-state index contributed by atoms with van der Waals surface area (Å²) in [6.45, 7) is 8.47. The molecule has 1 saturated heterocycles. The number of pyridine rings is 1. The smallest absolute Gasteiger partial charge is 0.116 e. The Morgan fingerprint density at radius 1 is 1.45 bits per heavy atom. The maximum Gasteiger partial charge on any atom is 0.116 e. The second-order valence-electron chi connectivity index (χ2n) is 6.41. The highest BCUT2D eigenvalue weighted by Crippen LogP contribution is 2.32. The van der Waals surface area contributed by atoms with Gasteiger partial charge in [-0.25, -0.2) is 0 Å². The number of aromatic hydroxyl groups is 1. The topological polar surface area (TPSA) is 45.2 Å². The fourth-order valence-corrected chi connectivity index (χ4v) is 3.73. The largest absolute Gasteiger partial charge is 0.508 e. The Morgan fingerprint density at radius 3 is 3.14 bits per heavy atom. The molecule has 0 aliphatic carbocycles. The molecule has 0 spiro atoms. The van der Waals surface area contributed by atoms with E-state index in [0.29, 0.717) is 23.5 Å². The molecule has 3 heteroatoms. The van der Waals surface area contributed by atoms with E-state index in [-0.39, 0.29) is 0 Å². The van der Waals surface area contributed by atoms with Gasteiger partial charge in [0.25, 0.3) is 0 Å². The molecule has 2 heterocycles. The van der Waals surface area contributed by atoms with Crippen molar-refractivity contribution in [3.8, 4) is 5.75 Å². The number of phenolic OH excluding ortho intramolecular Hbond substituents is 1. The fraction of sp³-hybridized carbons (Fsp3) is 0.421. The van der Waals surface area contributed by atoms with E-state index < -0.39 is 0 Å². The minimum atomic E-state index is 0.306. The van der Waals surface area contributed by atoms with Crippen LogP contribution < -0.4 is 5.32 Å². The van der Waals surface area contributed by atoms with Crippen LogP contribution in [0, 0.1) is 17.8 Å². The molecule has 0 saturated carbocycles. The van der Waals surface area contributed by atoms with Gasteiger partial charge >= 0.3 is 0 Å². The van der Waals surface area contributed by atoms with Crippen LogP contribution in [0.3, 0.4) is 0 Å². The molecule has 3 atom stereocenters. The number of fused-ring (bicyclic) bond motifs is 1. The van der Waals surface area contributed by atoms with E-state index in [1.165, 1.54) is 12.0 Å². The fourth-order valence-electron chi connectivity index (χ4n) is 3.73. The van der Waals surface area contributed by atoms with Crippen molar-refractivity contribution in [1.29, 1.82) is 0 Å². The first-order valence-electron chi connectivity index (χ1n) is 8.09. The molecule has 0 radical (unpaired) electrons. The van der Waals surface area contributed by atoms with Crippen molar-refractivity contribution < 1.29 is 5.11 Å². The average molecular weight is 296 g/mol. The van der Waals surface area contributed by atoms with Gasteiger partial charge in [-0.2, -0.15) is 0 Å². The van der Waals surface area contributed by atoms with Crippen LogP contribution in [0.2, 0.25) is 0 Å². The number of benzene rings is 1. The summed E-state index contributed by atoms with van der Waals surface area (Å²) in [4.78, 5) is 4.40. The average Bonchev–Trinajstić information content (AvgIpc) is 2.55. The molecule has 116 valence electrons. The van der Waals surface area contributed by atoms with Crippen LogP contribution in [0.4, 0.5) is 0 Å². The zero-order valence-corrected chi connectivity index (χ0v) is 13.1. The number of piperidine rings is 1. The van der Waals surface area contributed by atoms with Crippen molar-refractivity contribution in [2.45, 2.75) is 19.8 Å². The number of hydrogen-bond acceptors (Lipinski definition) is 3. The lowest BCUT2D eigenvalue weighted by atomic mass is 9.75. The molecule has 1 aliphatic heterocycles. The molecule has 22 heavy (non-hydrogen) atoms. The van der Waals surface area contributed by atoms with Crippen molar-refractivity contribution in [2.24, 2.45) is 17.8 Å². The minimum Gasteiger partial charge on any atom is -0.508 e. The second-order valence-corrected chi connectivity index (χ2v) is 6.41. The van der Waals surface area contributed by atoms with Gasteiger partial charge in [-0.15, -0.1) is 6.58 Å². The molecule has 1 aliphatic rings. The Labute approximate surface area is 132 Å². The van der Waals surface area contributed by atoms with Gasteiger partial charge in [0.2, 0.25) is 0 Å². The second kappa shape index (κ2) is 6.49. The summed E-state index contributed by atoms with van der Waals surface area (Å²) in [6.07, 6.45) is 6.18. The highest BCUT2D eigenvalue weighted by Gasteiger charge is 2.27. The Hall–Kier alpha value is -1.87. The van der Waals surface area contributed by atoms with Crippen LogP contribution in [-0.4, -0.2) is 23.2 Å². The Kier molecular flexibility index (Phi) is 4.44. The Bertz CT molecular complexity index is 668. The lowest BCUT2D eigenvalue weighted by Gasteiger charge is -2.34. The van der Waals surface area contributed by atoms with Crippen molar-refractivity contribution in [3.05, 3.63) is 48.7 Å². The number of aromatic nitrogens is 1. The molecule has 1 aromatic heterocycles. The third-order valence-electron chi connectivity index (χ3n) is 4.98. The van der Waals surface area contributed by atoms with Gasteiger partial charge < -0.3 is 10.4 Å². The summed E-state index contributed by atoms with van der Waals surface area (Å²) in [6, 6.07) is 7.50. The summed E-state index contributed by atoms with van der Waals surface area (Å²) in [5, 5.41) is 14.3. The van der Waals surface area contributed by atoms with Gasteiger partial charge in [-0.1, -0.05) is 13.0 Å². The lowest BCUT2D eigenvalue weighted by molar-refractivity contribution is 0.219. The van der Waals surface area contributed by atoms with Gasteiger partial charge in [0.15, 0.2) is 0 Å². The van der Waals surface area contributed by atoms with Gasteiger partial charge in [0, 0.05) is 18.1 Å². The van der Waals surface area contributed by atoms with Crippen LogP contribution >= 0.6 is 0 Å². The van der Waals surface area contributed by atoms with Gasteiger partial charge in [-0.3, -0.25) is 4.98 Å². The first kappa shape index (κ1) is 15.0. The summed E-state index contributed by atoms with van der Waals surface area (Å²) in [5.74, 6) is 2.10. The van der Waals surface area contributed by atoms with E-state index >= 15 is 0 Å². The first-order chi connectivity index (χ1) is 10.7. The number of hydrogen-bond donors (Lipinski definition) is 2. The van der Waals surface area contributed by atoms with Crippen LogP contribution in [0.25, 0.3) is 10.9 Å².